The molecular formula is C18H15N5O2. The molecule has 0 radical (unpaired) electrons. The molecule has 25 heavy (non-hydrogen) atoms. The van der Waals surface area contributed by atoms with Crippen molar-refractivity contribution in [1.29, 1.82) is 0 Å². The Morgan fingerprint density at radius 3 is 2.72 bits per heavy atom. The summed E-state index contributed by atoms with van der Waals surface area (Å²) >= 11 is 0. The molecule has 7 nitrogen and oxygen atoms in total. The van der Waals surface area contributed by atoms with Crippen LogP contribution in [0, 0.1) is 0 Å². The van der Waals surface area contributed by atoms with Gasteiger partial charge in [-0.05, 0) is 29.3 Å². The van der Waals surface area contributed by atoms with Crippen molar-refractivity contribution in [1.82, 2.24) is 24.1 Å². The molecule has 3 heterocycles. The van der Waals surface area contributed by atoms with E-state index >= 15 is 0 Å². The molecule has 0 aliphatic rings. The molecule has 0 fully saturated rings. The van der Waals surface area contributed by atoms with Crippen LogP contribution in [0.3, 0.4) is 0 Å². The highest BCUT2D eigenvalue weighted by atomic mass is 16.5. The number of methoxy groups -OCH3 is 1. The maximum Gasteiger partial charge on any atom is 0.352 e. The molecule has 0 bridgehead atoms. The summed E-state index contributed by atoms with van der Waals surface area (Å²) in [5.41, 5.74) is 2.58. The maximum absolute atomic E-state index is 12.8. The van der Waals surface area contributed by atoms with E-state index in [-0.39, 0.29) is 5.69 Å². The maximum atomic E-state index is 12.8. The lowest BCUT2D eigenvalue weighted by molar-refractivity contribution is 0.414. The fourth-order valence-electron chi connectivity index (χ4n) is 2.79. The van der Waals surface area contributed by atoms with Gasteiger partial charge in [0.15, 0.2) is 5.65 Å². The van der Waals surface area contributed by atoms with Crippen molar-refractivity contribution in [2.45, 2.75) is 6.54 Å². The van der Waals surface area contributed by atoms with Gasteiger partial charge in [-0.3, -0.25) is 4.57 Å². The summed E-state index contributed by atoms with van der Waals surface area (Å²) in [7, 11) is 1.62. The minimum Gasteiger partial charge on any atom is -0.497 e. The predicted molar refractivity (Wildman–Crippen MR) is 94.7 cm³/mol. The number of rotatable bonds is 4. The zero-order chi connectivity index (χ0) is 17.4. The van der Waals surface area contributed by atoms with Crippen LogP contribution in [0.1, 0.15) is 11.1 Å². The lowest BCUT2D eigenvalue weighted by Crippen LogP contribution is -2.28. The average molecular weight is 333 g/mol. The predicted octanol–water partition coefficient (Wildman–Crippen LogP) is 2.14. The minimum atomic E-state index is -0.283. The molecule has 4 rings (SSSR count). The number of benzene rings is 1. The Morgan fingerprint density at radius 2 is 2.00 bits per heavy atom. The first-order chi connectivity index (χ1) is 12.2. The zero-order valence-electron chi connectivity index (χ0n) is 13.6. The fraction of sp³-hybridized carbons (Fsp3) is 0.111. The number of pyridine rings is 1. The Kier molecular flexibility index (Phi) is 3.53. The van der Waals surface area contributed by atoms with Gasteiger partial charge in [0.25, 0.3) is 0 Å². The Labute approximate surface area is 142 Å². The average Bonchev–Trinajstić information content (AvgIpc) is 3.15. The van der Waals surface area contributed by atoms with Gasteiger partial charge in [-0.25, -0.2) is 14.8 Å². The van der Waals surface area contributed by atoms with E-state index in [0.717, 1.165) is 22.3 Å². The van der Waals surface area contributed by atoms with Crippen LogP contribution in [0.2, 0.25) is 0 Å². The first kappa shape index (κ1) is 15.1. The van der Waals surface area contributed by atoms with Gasteiger partial charge < -0.3 is 4.74 Å². The zero-order valence-corrected chi connectivity index (χ0v) is 13.6. The minimum absolute atomic E-state index is 0.283. The highest BCUT2D eigenvalue weighted by Gasteiger charge is 2.14. The van der Waals surface area contributed by atoms with E-state index in [4.69, 9.17) is 4.74 Å². The molecule has 0 spiro atoms. The summed E-state index contributed by atoms with van der Waals surface area (Å²) in [6.45, 7) is 4.14. The van der Waals surface area contributed by atoms with Crippen LogP contribution in [0.5, 0.6) is 5.75 Å². The van der Waals surface area contributed by atoms with E-state index in [1.165, 1.54) is 10.8 Å². The van der Waals surface area contributed by atoms with Crippen molar-refractivity contribution in [3.05, 3.63) is 71.0 Å². The van der Waals surface area contributed by atoms with E-state index in [1.54, 1.807) is 23.9 Å². The molecule has 1 aromatic carbocycles. The lowest BCUT2D eigenvalue weighted by atomic mass is 10.2. The second-order valence-electron chi connectivity index (χ2n) is 5.56. The number of ether oxygens (including phenoxy) is 1. The van der Waals surface area contributed by atoms with Gasteiger partial charge in [-0.15, -0.1) is 0 Å². The van der Waals surface area contributed by atoms with E-state index in [9.17, 15) is 4.79 Å². The van der Waals surface area contributed by atoms with E-state index in [2.05, 4.69) is 21.6 Å². The molecule has 0 saturated carbocycles. The largest absolute Gasteiger partial charge is 0.497 e. The van der Waals surface area contributed by atoms with Gasteiger partial charge in [0, 0.05) is 6.20 Å². The van der Waals surface area contributed by atoms with Gasteiger partial charge in [0.2, 0.25) is 0 Å². The molecule has 0 atom stereocenters. The van der Waals surface area contributed by atoms with Crippen LogP contribution in [0.4, 0.5) is 0 Å². The van der Waals surface area contributed by atoms with E-state index < -0.39 is 0 Å². The Bertz CT molecular complexity index is 1140. The van der Waals surface area contributed by atoms with Gasteiger partial charge >= 0.3 is 5.69 Å². The quantitative estimate of drug-likeness (QED) is 0.572. The molecule has 0 unspecified atom stereocenters. The van der Waals surface area contributed by atoms with E-state index in [0.29, 0.717) is 17.8 Å². The third kappa shape index (κ3) is 2.46. The molecule has 0 aliphatic heterocycles. The summed E-state index contributed by atoms with van der Waals surface area (Å²) in [6, 6.07) is 9.46. The topological polar surface area (TPSA) is 74.3 Å². The van der Waals surface area contributed by atoms with Crippen molar-refractivity contribution in [3.63, 3.8) is 0 Å². The normalized spacial score (nSPS) is 11.1. The van der Waals surface area contributed by atoms with E-state index in [1.807, 2.05) is 30.3 Å². The Balaban J connectivity index is 1.95. The number of fused-ring (bicyclic) bond motifs is 3. The van der Waals surface area contributed by atoms with Crippen molar-refractivity contribution < 1.29 is 4.74 Å². The highest BCUT2D eigenvalue weighted by Crippen LogP contribution is 2.18. The second kappa shape index (κ2) is 5.86. The molecule has 0 saturated heterocycles. The summed E-state index contributed by atoms with van der Waals surface area (Å²) < 4.78 is 8.05. The number of hydrogen-bond acceptors (Lipinski definition) is 5. The first-order valence-electron chi connectivity index (χ1n) is 7.69. The number of aromatic nitrogens is 5. The molecule has 7 heteroatoms. The van der Waals surface area contributed by atoms with Gasteiger partial charge in [-0.2, -0.15) is 9.61 Å². The SMILES string of the molecule is C=Cc1cnc2c(c1)c1ncnn1c(=O)n2Cc1ccc(OC)cc1. The molecule has 0 amide bonds. The van der Waals surface area contributed by atoms with Crippen LogP contribution < -0.4 is 10.4 Å². The van der Waals surface area contributed by atoms with Crippen molar-refractivity contribution in [2.75, 3.05) is 7.11 Å². The van der Waals surface area contributed by atoms with Crippen LogP contribution in [-0.4, -0.2) is 31.3 Å². The third-order valence-electron chi connectivity index (χ3n) is 4.08. The van der Waals surface area contributed by atoms with Crippen molar-refractivity contribution in [2.24, 2.45) is 0 Å². The molecule has 4 aromatic rings. The monoisotopic (exact) mass is 333 g/mol. The summed E-state index contributed by atoms with van der Waals surface area (Å²) in [5, 5.41) is 4.80. The molecule has 0 aliphatic carbocycles. The van der Waals surface area contributed by atoms with Gasteiger partial charge in [0.1, 0.15) is 17.7 Å². The van der Waals surface area contributed by atoms with Crippen molar-refractivity contribution in [3.8, 4) is 5.75 Å². The summed E-state index contributed by atoms with van der Waals surface area (Å²) in [5.74, 6) is 0.765. The summed E-state index contributed by atoms with van der Waals surface area (Å²) in [4.78, 5) is 21.5. The molecule has 3 aromatic heterocycles. The lowest BCUT2D eigenvalue weighted by Gasteiger charge is -2.11. The highest BCUT2D eigenvalue weighted by molar-refractivity contribution is 5.90. The fourth-order valence-corrected chi connectivity index (χ4v) is 2.79. The van der Waals surface area contributed by atoms with Gasteiger partial charge in [0.05, 0.1) is 19.0 Å². The van der Waals surface area contributed by atoms with Crippen molar-refractivity contribution >= 4 is 22.8 Å². The second-order valence-corrected chi connectivity index (χ2v) is 5.56. The van der Waals surface area contributed by atoms with Gasteiger partial charge in [-0.1, -0.05) is 24.8 Å². The van der Waals surface area contributed by atoms with Crippen LogP contribution in [-0.2, 0) is 6.54 Å². The van der Waals surface area contributed by atoms with Crippen LogP contribution in [0.25, 0.3) is 22.8 Å². The standard InChI is InChI=1S/C18H15N5O2/c1-3-12-8-15-16(19-9-12)22(18(24)23-17(15)20-11-21-23)10-13-4-6-14(25-2)7-5-13/h3-9,11H,1,10H2,2H3. The first-order valence-corrected chi connectivity index (χ1v) is 7.69. The number of hydrogen-bond donors (Lipinski definition) is 0. The Morgan fingerprint density at radius 1 is 1.20 bits per heavy atom. The number of nitrogens with zero attached hydrogens (tertiary/aromatic N) is 5. The smallest absolute Gasteiger partial charge is 0.352 e. The summed E-state index contributed by atoms with van der Waals surface area (Å²) in [6.07, 6.45) is 4.76. The molecule has 0 N–H and O–H groups in total. The van der Waals surface area contributed by atoms with Crippen LogP contribution >= 0.6 is 0 Å². The molecule has 124 valence electrons. The van der Waals surface area contributed by atoms with Crippen LogP contribution in [0.15, 0.2) is 54.2 Å². The molecular weight excluding hydrogens is 318 g/mol. The Hall–Kier alpha value is -3.48. The third-order valence-corrected chi connectivity index (χ3v) is 4.08.